The minimum atomic E-state index is -3.57. The van der Waals surface area contributed by atoms with E-state index in [1.165, 1.54) is 22.8 Å². The number of pyridine rings is 1. The molecular weight excluding hydrogens is 292 g/mol. The molecule has 0 bridgehead atoms. The number of hydrogen-bond donors (Lipinski definition) is 0. The SMILES string of the molecule is CSCCC(C)N(C)S(=O)(=O)c1cnccc1Cl. The molecule has 0 aliphatic carbocycles. The summed E-state index contributed by atoms with van der Waals surface area (Å²) < 4.78 is 26.1. The molecule has 1 aromatic rings. The zero-order valence-corrected chi connectivity index (χ0v) is 13.0. The van der Waals surface area contributed by atoms with Crippen molar-refractivity contribution in [2.45, 2.75) is 24.3 Å². The van der Waals surface area contributed by atoms with E-state index in [2.05, 4.69) is 4.98 Å². The van der Waals surface area contributed by atoms with Gasteiger partial charge in [0.25, 0.3) is 0 Å². The third-order valence-corrected chi connectivity index (χ3v) is 5.84. The normalized spacial score (nSPS) is 13.8. The Bertz CT molecular complexity index is 494. The van der Waals surface area contributed by atoms with E-state index < -0.39 is 10.0 Å². The molecule has 0 amide bonds. The van der Waals surface area contributed by atoms with Crippen LogP contribution in [0.4, 0.5) is 0 Å². The van der Waals surface area contributed by atoms with Crippen LogP contribution < -0.4 is 0 Å². The zero-order chi connectivity index (χ0) is 13.8. The smallest absolute Gasteiger partial charge is 0.246 e. The lowest BCUT2D eigenvalue weighted by molar-refractivity contribution is 0.382. The number of nitrogens with zero attached hydrogens (tertiary/aromatic N) is 2. The second kappa shape index (κ2) is 6.75. The Balaban J connectivity index is 2.97. The van der Waals surface area contributed by atoms with Crippen molar-refractivity contribution in [3.8, 4) is 0 Å². The third-order valence-electron chi connectivity index (χ3n) is 2.75. The van der Waals surface area contributed by atoms with Gasteiger partial charge in [-0.1, -0.05) is 11.6 Å². The van der Waals surface area contributed by atoms with Crippen LogP contribution in [0.1, 0.15) is 13.3 Å². The quantitative estimate of drug-likeness (QED) is 0.810. The van der Waals surface area contributed by atoms with Gasteiger partial charge < -0.3 is 0 Å². The average molecular weight is 309 g/mol. The van der Waals surface area contributed by atoms with Crippen molar-refractivity contribution in [3.63, 3.8) is 0 Å². The van der Waals surface area contributed by atoms with E-state index in [-0.39, 0.29) is 16.0 Å². The molecule has 0 saturated heterocycles. The highest BCUT2D eigenvalue weighted by atomic mass is 35.5. The van der Waals surface area contributed by atoms with Crippen LogP contribution in [0.3, 0.4) is 0 Å². The van der Waals surface area contributed by atoms with E-state index in [4.69, 9.17) is 11.6 Å². The standard InChI is InChI=1S/C11H17ClN2O2S2/c1-9(5-7-17-3)14(2)18(15,16)11-8-13-6-4-10(11)12/h4,6,8-9H,5,7H2,1-3H3. The Hall–Kier alpha value is -0.300. The van der Waals surface area contributed by atoms with Gasteiger partial charge in [-0.05, 0) is 31.4 Å². The fourth-order valence-corrected chi connectivity index (χ4v) is 3.79. The highest BCUT2D eigenvalue weighted by Crippen LogP contribution is 2.24. The van der Waals surface area contributed by atoms with Gasteiger partial charge in [0.1, 0.15) is 4.90 Å². The van der Waals surface area contributed by atoms with Crippen LogP contribution in [0.2, 0.25) is 5.02 Å². The summed E-state index contributed by atoms with van der Waals surface area (Å²) in [6.45, 7) is 1.89. The molecule has 1 heterocycles. The topological polar surface area (TPSA) is 50.3 Å². The fraction of sp³-hybridized carbons (Fsp3) is 0.545. The van der Waals surface area contributed by atoms with Gasteiger partial charge in [0.2, 0.25) is 10.0 Å². The lowest BCUT2D eigenvalue weighted by Gasteiger charge is -2.24. The lowest BCUT2D eigenvalue weighted by atomic mass is 10.3. The first-order chi connectivity index (χ1) is 8.41. The van der Waals surface area contributed by atoms with Gasteiger partial charge in [0.05, 0.1) is 5.02 Å². The van der Waals surface area contributed by atoms with Crippen molar-refractivity contribution >= 4 is 33.4 Å². The molecule has 0 fully saturated rings. The summed E-state index contributed by atoms with van der Waals surface area (Å²) in [4.78, 5) is 3.88. The minimum Gasteiger partial charge on any atom is -0.263 e. The van der Waals surface area contributed by atoms with Gasteiger partial charge >= 0.3 is 0 Å². The highest BCUT2D eigenvalue weighted by Gasteiger charge is 2.27. The number of thioether (sulfide) groups is 1. The maximum Gasteiger partial charge on any atom is 0.246 e. The van der Waals surface area contributed by atoms with E-state index in [9.17, 15) is 8.42 Å². The zero-order valence-electron chi connectivity index (χ0n) is 10.6. The van der Waals surface area contributed by atoms with Crippen molar-refractivity contribution < 1.29 is 8.42 Å². The molecule has 7 heteroatoms. The van der Waals surface area contributed by atoms with Gasteiger partial charge in [0.15, 0.2) is 0 Å². The van der Waals surface area contributed by atoms with E-state index in [1.54, 1.807) is 18.8 Å². The molecular formula is C11H17ClN2O2S2. The number of hydrogen-bond acceptors (Lipinski definition) is 4. The van der Waals surface area contributed by atoms with Crippen LogP contribution in [-0.2, 0) is 10.0 Å². The highest BCUT2D eigenvalue weighted by molar-refractivity contribution is 7.98. The van der Waals surface area contributed by atoms with Crippen molar-refractivity contribution in [1.82, 2.24) is 9.29 Å². The van der Waals surface area contributed by atoms with Gasteiger partial charge in [0, 0.05) is 25.5 Å². The van der Waals surface area contributed by atoms with Crippen LogP contribution >= 0.6 is 23.4 Å². The predicted molar refractivity (Wildman–Crippen MR) is 76.7 cm³/mol. The Morgan fingerprint density at radius 1 is 1.56 bits per heavy atom. The molecule has 0 aliphatic heterocycles. The van der Waals surface area contributed by atoms with E-state index in [0.717, 1.165) is 12.2 Å². The Labute approximate surface area is 118 Å². The maximum atomic E-state index is 12.4. The van der Waals surface area contributed by atoms with Gasteiger partial charge in [-0.2, -0.15) is 16.1 Å². The number of halogens is 1. The monoisotopic (exact) mass is 308 g/mol. The Morgan fingerprint density at radius 2 is 2.22 bits per heavy atom. The van der Waals surface area contributed by atoms with Gasteiger partial charge in [-0.25, -0.2) is 8.42 Å². The van der Waals surface area contributed by atoms with Crippen molar-refractivity contribution in [1.29, 1.82) is 0 Å². The summed E-state index contributed by atoms with van der Waals surface area (Å²) >= 11 is 7.61. The molecule has 0 radical (unpaired) electrons. The molecule has 0 saturated carbocycles. The molecule has 0 N–H and O–H groups in total. The molecule has 0 spiro atoms. The summed E-state index contributed by atoms with van der Waals surface area (Å²) in [5.41, 5.74) is 0. The molecule has 18 heavy (non-hydrogen) atoms. The molecule has 1 atom stereocenters. The summed E-state index contributed by atoms with van der Waals surface area (Å²) in [5, 5.41) is 0.203. The molecule has 1 unspecified atom stereocenters. The first-order valence-electron chi connectivity index (χ1n) is 5.47. The fourth-order valence-electron chi connectivity index (χ4n) is 1.42. The van der Waals surface area contributed by atoms with E-state index in [0.29, 0.717) is 0 Å². The molecule has 4 nitrogen and oxygen atoms in total. The van der Waals surface area contributed by atoms with Crippen LogP contribution in [-0.4, -0.2) is 42.8 Å². The predicted octanol–water partition coefficient (Wildman–Crippen LogP) is 2.50. The summed E-state index contributed by atoms with van der Waals surface area (Å²) in [5.74, 6) is 0.918. The maximum absolute atomic E-state index is 12.4. The first-order valence-corrected chi connectivity index (χ1v) is 8.69. The van der Waals surface area contributed by atoms with E-state index in [1.807, 2.05) is 13.2 Å². The van der Waals surface area contributed by atoms with Crippen LogP contribution in [0, 0.1) is 0 Å². The summed E-state index contributed by atoms with van der Waals surface area (Å²) in [6, 6.07) is 1.41. The van der Waals surface area contributed by atoms with Gasteiger partial charge in [-0.3, -0.25) is 4.98 Å². The first kappa shape index (κ1) is 15.8. The third kappa shape index (κ3) is 3.60. The van der Waals surface area contributed by atoms with Crippen molar-refractivity contribution in [2.75, 3.05) is 19.1 Å². The van der Waals surface area contributed by atoms with Gasteiger partial charge in [-0.15, -0.1) is 0 Å². The second-order valence-electron chi connectivity index (χ2n) is 3.96. The molecule has 1 rings (SSSR count). The Kier molecular flexibility index (Phi) is 5.91. The minimum absolute atomic E-state index is 0.0603. The van der Waals surface area contributed by atoms with Crippen LogP contribution in [0.15, 0.2) is 23.4 Å². The second-order valence-corrected chi connectivity index (χ2v) is 7.32. The summed E-state index contributed by atoms with van der Waals surface area (Å²) in [7, 11) is -2.00. The van der Waals surface area contributed by atoms with Crippen molar-refractivity contribution in [2.24, 2.45) is 0 Å². The number of sulfonamides is 1. The molecule has 0 aromatic carbocycles. The average Bonchev–Trinajstić information content (AvgIpc) is 2.35. The largest absolute Gasteiger partial charge is 0.263 e. The molecule has 102 valence electrons. The Morgan fingerprint density at radius 3 is 2.78 bits per heavy atom. The van der Waals surface area contributed by atoms with Crippen molar-refractivity contribution in [3.05, 3.63) is 23.5 Å². The number of rotatable bonds is 6. The van der Waals surface area contributed by atoms with Crippen LogP contribution in [0.5, 0.6) is 0 Å². The molecule has 1 aromatic heterocycles. The number of aromatic nitrogens is 1. The van der Waals surface area contributed by atoms with Crippen LogP contribution in [0.25, 0.3) is 0 Å². The summed E-state index contributed by atoms with van der Waals surface area (Å²) in [6.07, 6.45) is 5.56. The molecule has 0 aliphatic rings. The lowest BCUT2D eigenvalue weighted by Crippen LogP contribution is -2.35. The van der Waals surface area contributed by atoms with E-state index >= 15 is 0 Å².